The number of hydrogen-bond donors (Lipinski definition) is 1. The Balaban J connectivity index is 2.33. The van der Waals surface area contributed by atoms with Crippen molar-refractivity contribution in [3.8, 4) is 11.3 Å². The van der Waals surface area contributed by atoms with Crippen LogP contribution in [0.4, 0.5) is 0 Å². The highest BCUT2D eigenvalue weighted by atomic mass is 79.9. The number of nitrogens with zero attached hydrogens (tertiary/aromatic N) is 1. The molecule has 1 N–H and O–H groups in total. The number of oxazole rings is 1. The van der Waals surface area contributed by atoms with Crippen LogP contribution in [-0.4, -0.2) is 11.0 Å². The van der Waals surface area contributed by atoms with E-state index in [1.165, 1.54) is 12.0 Å². The molecule has 1 aromatic carbocycles. The van der Waals surface area contributed by atoms with Crippen LogP contribution < -0.4 is 5.32 Å². The first kappa shape index (κ1) is 13.3. The van der Waals surface area contributed by atoms with Gasteiger partial charge < -0.3 is 9.73 Å². The first-order chi connectivity index (χ1) is 8.59. The molecule has 1 aromatic heterocycles. The highest BCUT2D eigenvalue weighted by Gasteiger charge is 2.14. The van der Waals surface area contributed by atoms with Crippen molar-refractivity contribution >= 4 is 15.9 Å². The van der Waals surface area contributed by atoms with Crippen LogP contribution in [0.15, 0.2) is 33.5 Å². The van der Waals surface area contributed by atoms with Crippen molar-refractivity contribution in [1.29, 1.82) is 0 Å². The summed E-state index contributed by atoms with van der Waals surface area (Å²) in [6, 6.07) is 6.56. The monoisotopic (exact) mass is 308 g/mol. The van der Waals surface area contributed by atoms with Gasteiger partial charge in [-0.2, -0.15) is 0 Å². The summed E-state index contributed by atoms with van der Waals surface area (Å²) in [6.07, 6.45) is 1.50. The van der Waals surface area contributed by atoms with E-state index in [4.69, 9.17) is 4.42 Å². The molecular weight excluding hydrogens is 292 g/mol. The third-order valence-electron chi connectivity index (χ3n) is 2.76. The molecular formula is C14H17BrN2O. The molecule has 0 fully saturated rings. The average molecular weight is 309 g/mol. The fourth-order valence-corrected chi connectivity index (χ4v) is 2.18. The lowest BCUT2D eigenvalue weighted by Crippen LogP contribution is -2.22. The molecule has 3 nitrogen and oxygen atoms in total. The van der Waals surface area contributed by atoms with Crippen LogP contribution in [-0.2, 0) is 6.54 Å². The molecule has 1 heterocycles. The van der Waals surface area contributed by atoms with E-state index in [1.54, 1.807) is 0 Å². The SMILES string of the molecule is Cc1cccc(-c2ocnc2CNC(C)C)c1Br. The zero-order chi connectivity index (χ0) is 13.1. The quantitative estimate of drug-likeness (QED) is 0.930. The summed E-state index contributed by atoms with van der Waals surface area (Å²) in [5.74, 6) is 0.832. The highest BCUT2D eigenvalue weighted by Crippen LogP contribution is 2.32. The van der Waals surface area contributed by atoms with Crippen molar-refractivity contribution in [1.82, 2.24) is 10.3 Å². The van der Waals surface area contributed by atoms with Gasteiger partial charge in [0.25, 0.3) is 0 Å². The van der Waals surface area contributed by atoms with Crippen LogP contribution >= 0.6 is 15.9 Å². The number of nitrogens with one attached hydrogen (secondary N) is 1. The van der Waals surface area contributed by atoms with Gasteiger partial charge >= 0.3 is 0 Å². The smallest absolute Gasteiger partial charge is 0.181 e. The van der Waals surface area contributed by atoms with Crippen molar-refractivity contribution < 1.29 is 4.42 Å². The van der Waals surface area contributed by atoms with Crippen molar-refractivity contribution in [2.45, 2.75) is 33.4 Å². The van der Waals surface area contributed by atoms with Gasteiger partial charge in [0, 0.05) is 22.6 Å². The Morgan fingerprint density at radius 3 is 2.89 bits per heavy atom. The maximum absolute atomic E-state index is 5.54. The first-order valence-corrected chi connectivity index (χ1v) is 6.80. The second-order valence-corrected chi connectivity index (χ2v) is 5.39. The van der Waals surface area contributed by atoms with E-state index in [9.17, 15) is 0 Å². The van der Waals surface area contributed by atoms with Gasteiger partial charge in [-0.25, -0.2) is 4.98 Å². The molecule has 0 saturated heterocycles. The van der Waals surface area contributed by atoms with E-state index in [1.807, 2.05) is 12.1 Å². The number of rotatable bonds is 4. The van der Waals surface area contributed by atoms with E-state index in [-0.39, 0.29) is 0 Å². The van der Waals surface area contributed by atoms with Crippen LogP contribution in [0.2, 0.25) is 0 Å². The standard InChI is InChI=1S/C14H17BrN2O/c1-9(2)16-7-12-14(18-8-17-12)11-6-4-5-10(3)13(11)15/h4-6,8-9,16H,7H2,1-3H3. The van der Waals surface area contributed by atoms with Gasteiger partial charge in [0.05, 0.1) is 0 Å². The van der Waals surface area contributed by atoms with Crippen LogP contribution in [0.3, 0.4) is 0 Å². The summed E-state index contributed by atoms with van der Waals surface area (Å²) in [6.45, 7) is 7.00. The van der Waals surface area contributed by atoms with Crippen molar-refractivity contribution in [2.24, 2.45) is 0 Å². The molecule has 4 heteroatoms. The van der Waals surface area contributed by atoms with E-state index < -0.39 is 0 Å². The molecule has 18 heavy (non-hydrogen) atoms. The topological polar surface area (TPSA) is 38.1 Å². The van der Waals surface area contributed by atoms with E-state index in [0.29, 0.717) is 12.6 Å². The van der Waals surface area contributed by atoms with Gasteiger partial charge in [-0.1, -0.05) is 32.0 Å². The first-order valence-electron chi connectivity index (χ1n) is 6.01. The molecule has 0 atom stereocenters. The minimum Gasteiger partial charge on any atom is -0.443 e. The van der Waals surface area contributed by atoms with Crippen molar-refractivity contribution in [2.75, 3.05) is 0 Å². The van der Waals surface area contributed by atoms with Gasteiger partial charge in [0.2, 0.25) is 0 Å². The molecule has 0 amide bonds. The largest absolute Gasteiger partial charge is 0.443 e. The van der Waals surface area contributed by atoms with Gasteiger partial charge in [-0.3, -0.25) is 0 Å². The average Bonchev–Trinajstić information content (AvgIpc) is 2.78. The Kier molecular flexibility index (Phi) is 4.19. The normalized spacial score (nSPS) is 11.2. The van der Waals surface area contributed by atoms with Crippen molar-refractivity contribution in [3.05, 3.63) is 40.3 Å². The summed E-state index contributed by atoms with van der Waals surface area (Å²) >= 11 is 3.61. The predicted octanol–water partition coefficient (Wildman–Crippen LogP) is 3.91. The van der Waals surface area contributed by atoms with Crippen LogP contribution in [0.1, 0.15) is 25.1 Å². The number of halogens is 1. The Morgan fingerprint density at radius 1 is 1.39 bits per heavy atom. The zero-order valence-electron chi connectivity index (χ0n) is 10.8. The molecule has 0 bridgehead atoms. The highest BCUT2D eigenvalue weighted by molar-refractivity contribution is 9.10. The Labute approximate surface area is 116 Å². The number of aromatic nitrogens is 1. The molecule has 0 aliphatic carbocycles. The minimum absolute atomic E-state index is 0.426. The lowest BCUT2D eigenvalue weighted by atomic mass is 10.1. The molecule has 2 rings (SSSR count). The predicted molar refractivity (Wildman–Crippen MR) is 76.4 cm³/mol. The Hall–Kier alpha value is -1.13. The lowest BCUT2D eigenvalue weighted by Gasteiger charge is -2.08. The Bertz CT molecular complexity index is 534. The maximum Gasteiger partial charge on any atom is 0.181 e. The summed E-state index contributed by atoms with van der Waals surface area (Å²) < 4.78 is 6.60. The molecule has 0 saturated carbocycles. The van der Waals surface area contributed by atoms with E-state index in [0.717, 1.165) is 21.5 Å². The number of aryl methyl sites for hydroxylation is 1. The molecule has 0 unspecified atom stereocenters. The lowest BCUT2D eigenvalue weighted by molar-refractivity contribution is 0.562. The van der Waals surface area contributed by atoms with Gasteiger partial charge in [0.15, 0.2) is 12.2 Å². The fourth-order valence-electron chi connectivity index (χ4n) is 1.74. The summed E-state index contributed by atoms with van der Waals surface area (Å²) in [7, 11) is 0. The van der Waals surface area contributed by atoms with E-state index in [2.05, 4.69) is 53.1 Å². The molecule has 96 valence electrons. The second-order valence-electron chi connectivity index (χ2n) is 4.60. The second kappa shape index (κ2) is 5.67. The summed E-state index contributed by atoms with van der Waals surface area (Å²) in [5, 5.41) is 3.35. The van der Waals surface area contributed by atoms with E-state index >= 15 is 0 Å². The van der Waals surface area contributed by atoms with Gasteiger partial charge in [0.1, 0.15) is 5.69 Å². The number of hydrogen-bond acceptors (Lipinski definition) is 3. The molecule has 0 aliphatic rings. The van der Waals surface area contributed by atoms with Gasteiger partial charge in [-0.15, -0.1) is 0 Å². The van der Waals surface area contributed by atoms with Crippen LogP contribution in [0.5, 0.6) is 0 Å². The van der Waals surface area contributed by atoms with Gasteiger partial charge in [-0.05, 0) is 28.4 Å². The maximum atomic E-state index is 5.54. The van der Waals surface area contributed by atoms with Crippen LogP contribution in [0.25, 0.3) is 11.3 Å². The third-order valence-corrected chi connectivity index (χ3v) is 3.81. The molecule has 2 aromatic rings. The summed E-state index contributed by atoms with van der Waals surface area (Å²) in [4.78, 5) is 4.29. The zero-order valence-corrected chi connectivity index (χ0v) is 12.4. The molecule has 0 radical (unpaired) electrons. The third kappa shape index (κ3) is 2.82. The summed E-state index contributed by atoms with van der Waals surface area (Å²) in [5.41, 5.74) is 3.18. The minimum atomic E-state index is 0.426. The fraction of sp³-hybridized carbons (Fsp3) is 0.357. The van der Waals surface area contributed by atoms with Crippen LogP contribution in [0, 0.1) is 6.92 Å². The Morgan fingerprint density at radius 2 is 2.17 bits per heavy atom. The number of benzene rings is 1. The molecule has 0 aliphatic heterocycles. The van der Waals surface area contributed by atoms with Crippen molar-refractivity contribution in [3.63, 3.8) is 0 Å². The molecule has 0 spiro atoms.